The van der Waals surface area contributed by atoms with Gasteiger partial charge in [0.2, 0.25) is 0 Å². The molecular weight excluding hydrogens is 380 g/mol. The lowest BCUT2D eigenvalue weighted by molar-refractivity contribution is -0.880. The molecule has 2 aromatic heterocycles. The third-order valence-corrected chi connectivity index (χ3v) is 6.91. The lowest BCUT2D eigenvalue weighted by Crippen LogP contribution is -3.12. The number of ether oxygens (including phenoxy) is 1. The predicted octanol–water partition coefficient (Wildman–Crippen LogP) is 2.81. The van der Waals surface area contributed by atoms with Crippen molar-refractivity contribution in [2.45, 2.75) is 26.8 Å². The number of methoxy groups -OCH3 is 1. The minimum atomic E-state index is 0.908. The summed E-state index contributed by atoms with van der Waals surface area (Å²) in [7, 11) is 3.98. The maximum absolute atomic E-state index is 5.26. The van der Waals surface area contributed by atoms with Crippen LogP contribution >= 0.6 is 11.3 Å². The summed E-state index contributed by atoms with van der Waals surface area (Å²) in [5.41, 5.74) is 6.30. The zero-order chi connectivity index (χ0) is 20.4. The van der Waals surface area contributed by atoms with Crippen molar-refractivity contribution in [3.63, 3.8) is 0 Å². The minimum absolute atomic E-state index is 0.908. The summed E-state index contributed by atoms with van der Waals surface area (Å²) in [6.07, 6.45) is 1.01. The highest BCUT2D eigenvalue weighted by Crippen LogP contribution is 2.31. The fourth-order valence-electron chi connectivity index (χ4n) is 4.05. The summed E-state index contributed by atoms with van der Waals surface area (Å²) in [4.78, 5) is 9.03. The second kappa shape index (κ2) is 8.59. The highest BCUT2D eigenvalue weighted by molar-refractivity contribution is 7.14. The summed E-state index contributed by atoms with van der Waals surface area (Å²) in [6.45, 7) is 9.96. The van der Waals surface area contributed by atoms with Crippen molar-refractivity contribution in [2.24, 2.45) is 0 Å². The number of nitrogens with one attached hydrogen (secondary N) is 1. The first kappa shape index (κ1) is 20.0. The Morgan fingerprint density at radius 1 is 1.14 bits per heavy atom. The van der Waals surface area contributed by atoms with Gasteiger partial charge in [-0.25, -0.2) is 4.98 Å². The van der Waals surface area contributed by atoms with Crippen LogP contribution in [0.5, 0.6) is 5.75 Å². The number of anilines is 1. The lowest BCUT2D eigenvalue weighted by Gasteiger charge is -2.29. The number of aryl methyl sites for hydroxylation is 2. The molecule has 0 spiro atoms. The van der Waals surface area contributed by atoms with Crippen molar-refractivity contribution < 1.29 is 9.64 Å². The van der Waals surface area contributed by atoms with Gasteiger partial charge in [0.05, 0.1) is 46.0 Å². The second-order valence-corrected chi connectivity index (χ2v) is 8.83. The van der Waals surface area contributed by atoms with E-state index in [2.05, 4.69) is 53.9 Å². The van der Waals surface area contributed by atoms with Crippen molar-refractivity contribution in [3.8, 4) is 17.0 Å². The average Bonchev–Trinajstić information content (AvgIpc) is 3.32. The second-order valence-electron chi connectivity index (χ2n) is 7.99. The Morgan fingerprint density at radius 3 is 2.55 bits per heavy atom. The number of nitrogens with zero attached hydrogens (tertiary/aromatic N) is 3. The Hall–Kier alpha value is -2.31. The Bertz CT molecular complexity index is 952. The first-order valence-electron chi connectivity index (χ1n) is 10.4. The van der Waals surface area contributed by atoms with Crippen LogP contribution in [-0.4, -0.2) is 49.9 Å². The molecule has 4 rings (SSSR count). The SMILES string of the molecule is COc1ccc(CCn2c(C)cc(-c3csc(N4CC[NH+](C)CC4)n3)c2C)cc1. The molecule has 1 aromatic carbocycles. The van der Waals surface area contributed by atoms with Crippen LogP contribution in [0.25, 0.3) is 11.3 Å². The van der Waals surface area contributed by atoms with Crippen LogP contribution in [0, 0.1) is 13.8 Å². The maximum atomic E-state index is 5.26. The molecule has 1 N–H and O–H groups in total. The Labute approximate surface area is 177 Å². The van der Waals surface area contributed by atoms with Crippen LogP contribution in [-0.2, 0) is 13.0 Å². The number of likely N-dealkylation sites (N-methyl/N-ethyl adjacent to an activating group) is 1. The fraction of sp³-hybridized carbons (Fsp3) is 0.435. The lowest BCUT2D eigenvalue weighted by atomic mass is 10.1. The van der Waals surface area contributed by atoms with Gasteiger partial charge in [0.25, 0.3) is 0 Å². The third kappa shape index (κ3) is 4.33. The molecule has 1 aliphatic heterocycles. The van der Waals surface area contributed by atoms with Crippen molar-refractivity contribution in [1.29, 1.82) is 0 Å². The van der Waals surface area contributed by atoms with Gasteiger partial charge < -0.3 is 19.1 Å². The number of quaternary nitrogens is 1. The van der Waals surface area contributed by atoms with E-state index < -0.39 is 0 Å². The number of hydrogen-bond donors (Lipinski definition) is 1. The van der Waals surface area contributed by atoms with Crippen LogP contribution in [0.2, 0.25) is 0 Å². The van der Waals surface area contributed by atoms with Crippen molar-refractivity contribution in [2.75, 3.05) is 45.2 Å². The number of thiazole rings is 1. The van der Waals surface area contributed by atoms with Gasteiger partial charge in [-0.05, 0) is 44.0 Å². The van der Waals surface area contributed by atoms with Gasteiger partial charge in [-0.15, -0.1) is 11.3 Å². The smallest absolute Gasteiger partial charge is 0.186 e. The van der Waals surface area contributed by atoms with Crippen LogP contribution in [0.3, 0.4) is 0 Å². The van der Waals surface area contributed by atoms with E-state index in [1.165, 1.54) is 35.6 Å². The number of benzene rings is 1. The summed E-state index contributed by atoms with van der Waals surface area (Å²) in [5.74, 6) is 0.908. The van der Waals surface area contributed by atoms with E-state index in [0.29, 0.717) is 0 Å². The number of piperazine rings is 1. The molecule has 5 nitrogen and oxygen atoms in total. The molecule has 0 atom stereocenters. The van der Waals surface area contributed by atoms with E-state index in [4.69, 9.17) is 9.72 Å². The molecule has 6 heteroatoms. The highest BCUT2D eigenvalue weighted by Gasteiger charge is 2.21. The first-order chi connectivity index (χ1) is 14.0. The van der Waals surface area contributed by atoms with E-state index in [1.807, 2.05) is 12.1 Å². The topological polar surface area (TPSA) is 34.7 Å². The summed E-state index contributed by atoms with van der Waals surface area (Å²) < 4.78 is 7.67. The molecular formula is C23H31N4OS+. The van der Waals surface area contributed by atoms with Gasteiger partial charge in [-0.2, -0.15) is 0 Å². The van der Waals surface area contributed by atoms with Crippen LogP contribution in [0.4, 0.5) is 5.13 Å². The van der Waals surface area contributed by atoms with E-state index >= 15 is 0 Å². The molecule has 3 aromatic rings. The maximum Gasteiger partial charge on any atom is 0.186 e. The fourth-order valence-corrected chi connectivity index (χ4v) is 4.93. The molecule has 1 fully saturated rings. The molecule has 0 bridgehead atoms. The molecule has 0 aliphatic carbocycles. The van der Waals surface area contributed by atoms with Crippen LogP contribution < -0.4 is 14.5 Å². The summed E-state index contributed by atoms with van der Waals surface area (Å²) >= 11 is 1.77. The summed E-state index contributed by atoms with van der Waals surface area (Å²) in [6, 6.07) is 10.7. The van der Waals surface area contributed by atoms with Gasteiger partial charge in [0.1, 0.15) is 5.75 Å². The average molecular weight is 412 g/mol. The summed E-state index contributed by atoms with van der Waals surface area (Å²) in [5, 5.41) is 3.38. The first-order valence-corrected chi connectivity index (χ1v) is 11.2. The Morgan fingerprint density at radius 2 is 1.86 bits per heavy atom. The predicted molar refractivity (Wildman–Crippen MR) is 121 cm³/mol. The van der Waals surface area contributed by atoms with Crippen molar-refractivity contribution in [3.05, 3.63) is 52.7 Å². The zero-order valence-corrected chi connectivity index (χ0v) is 18.7. The number of rotatable bonds is 6. The molecule has 154 valence electrons. The molecule has 3 heterocycles. The minimum Gasteiger partial charge on any atom is -0.497 e. The van der Waals surface area contributed by atoms with Gasteiger partial charge in [0.15, 0.2) is 5.13 Å². The van der Waals surface area contributed by atoms with E-state index in [0.717, 1.165) is 42.6 Å². The molecule has 0 radical (unpaired) electrons. The van der Waals surface area contributed by atoms with E-state index in [-0.39, 0.29) is 0 Å². The Kier molecular flexibility index (Phi) is 5.92. The molecule has 0 amide bonds. The van der Waals surface area contributed by atoms with Gasteiger partial charge in [-0.1, -0.05) is 12.1 Å². The van der Waals surface area contributed by atoms with Gasteiger partial charge in [-0.3, -0.25) is 0 Å². The largest absolute Gasteiger partial charge is 0.497 e. The standard InChI is InChI=1S/C23H30N4OS/c1-17-15-21(22-16-29-23(24-22)26-13-11-25(3)12-14-26)18(2)27(17)10-9-19-5-7-20(28-4)8-6-19/h5-8,15-16H,9-14H2,1-4H3/p+1. The van der Waals surface area contributed by atoms with Gasteiger partial charge in [0, 0.05) is 28.9 Å². The van der Waals surface area contributed by atoms with Crippen molar-refractivity contribution in [1.82, 2.24) is 9.55 Å². The monoisotopic (exact) mass is 411 g/mol. The van der Waals surface area contributed by atoms with Crippen LogP contribution in [0.1, 0.15) is 17.0 Å². The Balaban J connectivity index is 1.48. The highest BCUT2D eigenvalue weighted by atomic mass is 32.1. The quantitative estimate of drug-likeness (QED) is 0.677. The number of hydrogen-bond acceptors (Lipinski definition) is 4. The third-order valence-electron chi connectivity index (χ3n) is 6.01. The van der Waals surface area contributed by atoms with Crippen LogP contribution in [0.15, 0.2) is 35.7 Å². The van der Waals surface area contributed by atoms with E-state index in [9.17, 15) is 0 Å². The molecule has 1 saturated heterocycles. The van der Waals surface area contributed by atoms with Crippen molar-refractivity contribution >= 4 is 16.5 Å². The normalized spacial score (nSPS) is 15.1. The van der Waals surface area contributed by atoms with Gasteiger partial charge >= 0.3 is 0 Å². The molecule has 29 heavy (non-hydrogen) atoms. The zero-order valence-electron chi connectivity index (χ0n) is 17.9. The van der Waals surface area contributed by atoms with E-state index in [1.54, 1.807) is 23.3 Å². The molecule has 1 aliphatic rings. The number of aromatic nitrogens is 2. The molecule has 0 saturated carbocycles. The molecule has 0 unspecified atom stereocenters.